The molecular formula is C11H18Cl2N2. The lowest BCUT2D eigenvalue weighted by atomic mass is 10.2. The van der Waals surface area contributed by atoms with Gasteiger partial charge in [0.1, 0.15) is 0 Å². The molecule has 2 nitrogen and oxygen atoms in total. The standard InChI is InChI=1S/C11H16N2.2ClH/c1-10-9-12-7-8-13(10)11-5-3-2-4-6-11;;/h2-6,10,12H,7-9H2,1H3;2*1H/t10-;;/m1../s1. The summed E-state index contributed by atoms with van der Waals surface area (Å²) >= 11 is 0. The highest BCUT2D eigenvalue weighted by Crippen LogP contribution is 2.16. The molecule has 1 aliphatic rings. The summed E-state index contributed by atoms with van der Waals surface area (Å²) in [6, 6.07) is 11.2. The van der Waals surface area contributed by atoms with E-state index in [-0.39, 0.29) is 24.8 Å². The lowest BCUT2D eigenvalue weighted by molar-refractivity contribution is 0.501. The van der Waals surface area contributed by atoms with E-state index in [1.54, 1.807) is 0 Å². The Kier molecular flexibility index (Phi) is 6.73. The van der Waals surface area contributed by atoms with Crippen LogP contribution in [-0.2, 0) is 0 Å². The number of piperazine rings is 1. The summed E-state index contributed by atoms with van der Waals surface area (Å²) in [6.45, 7) is 5.57. The largest absolute Gasteiger partial charge is 0.366 e. The summed E-state index contributed by atoms with van der Waals surface area (Å²) in [5.41, 5.74) is 1.34. The molecule has 2 rings (SSSR count). The highest BCUT2D eigenvalue weighted by molar-refractivity contribution is 5.85. The van der Waals surface area contributed by atoms with Gasteiger partial charge in [-0.1, -0.05) is 18.2 Å². The number of halogens is 2. The van der Waals surface area contributed by atoms with E-state index in [1.165, 1.54) is 5.69 Å². The molecular weight excluding hydrogens is 231 g/mol. The maximum atomic E-state index is 3.39. The van der Waals surface area contributed by atoms with E-state index in [2.05, 4.69) is 47.5 Å². The number of hydrogen-bond acceptors (Lipinski definition) is 2. The van der Waals surface area contributed by atoms with Gasteiger partial charge in [0, 0.05) is 31.4 Å². The van der Waals surface area contributed by atoms with E-state index >= 15 is 0 Å². The molecule has 0 amide bonds. The molecule has 0 unspecified atom stereocenters. The van der Waals surface area contributed by atoms with Crippen LogP contribution >= 0.6 is 24.8 Å². The molecule has 0 aromatic heterocycles. The maximum absolute atomic E-state index is 3.39. The molecule has 1 aromatic carbocycles. The van der Waals surface area contributed by atoms with Crippen LogP contribution in [0.3, 0.4) is 0 Å². The molecule has 1 N–H and O–H groups in total. The van der Waals surface area contributed by atoms with Crippen molar-refractivity contribution >= 4 is 30.5 Å². The van der Waals surface area contributed by atoms with Gasteiger partial charge in [-0.05, 0) is 19.1 Å². The van der Waals surface area contributed by atoms with Gasteiger partial charge in [0.05, 0.1) is 0 Å². The van der Waals surface area contributed by atoms with Crippen molar-refractivity contribution in [3.63, 3.8) is 0 Å². The van der Waals surface area contributed by atoms with Gasteiger partial charge in [0.2, 0.25) is 0 Å². The fraction of sp³-hybridized carbons (Fsp3) is 0.455. The predicted molar refractivity (Wildman–Crippen MR) is 70.6 cm³/mol. The monoisotopic (exact) mass is 248 g/mol. The number of rotatable bonds is 1. The Labute approximate surface area is 104 Å². The predicted octanol–water partition coefficient (Wildman–Crippen LogP) is 2.33. The molecule has 0 spiro atoms. The Morgan fingerprint density at radius 1 is 1.20 bits per heavy atom. The first-order valence-corrected chi connectivity index (χ1v) is 4.90. The van der Waals surface area contributed by atoms with Crippen molar-refractivity contribution in [2.45, 2.75) is 13.0 Å². The van der Waals surface area contributed by atoms with Gasteiger partial charge >= 0.3 is 0 Å². The lowest BCUT2D eigenvalue weighted by Crippen LogP contribution is -2.49. The summed E-state index contributed by atoms with van der Waals surface area (Å²) in [5.74, 6) is 0. The maximum Gasteiger partial charge on any atom is 0.0386 e. The number of hydrogen-bond donors (Lipinski definition) is 1. The smallest absolute Gasteiger partial charge is 0.0386 e. The highest BCUT2D eigenvalue weighted by atomic mass is 35.5. The third-order valence-corrected chi connectivity index (χ3v) is 2.59. The summed E-state index contributed by atoms with van der Waals surface area (Å²) in [6.07, 6.45) is 0. The molecule has 1 aliphatic heterocycles. The zero-order chi connectivity index (χ0) is 9.10. The molecule has 0 bridgehead atoms. The van der Waals surface area contributed by atoms with E-state index in [4.69, 9.17) is 0 Å². The van der Waals surface area contributed by atoms with E-state index in [1.807, 2.05) is 0 Å². The van der Waals surface area contributed by atoms with E-state index in [0.29, 0.717) is 6.04 Å². The molecule has 0 saturated carbocycles. The zero-order valence-electron chi connectivity index (χ0n) is 8.85. The van der Waals surface area contributed by atoms with Gasteiger partial charge in [0.25, 0.3) is 0 Å². The normalized spacial score (nSPS) is 20.1. The number of anilines is 1. The van der Waals surface area contributed by atoms with Crippen LogP contribution in [0.2, 0.25) is 0 Å². The van der Waals surface area contributed by atoms with Crippen LogP contribution in [0.15, 0.2) is 30.3 Å². The van der Waals surface area contributed by atoms with Gasteiger partial charge in [-0.25, -0.2) is 0 Å². The van der Waals surface area contributed by atoms with Gasteiger partial charge in [0.15, 0.2) is 0 Å². The minimum atomic E-state index is 0. The molecule has 86 valence electrons. The number of nitrogens with one attached hydrogen (secondary N) is 1. The Morgan fingerprint density at radius 2 is 1.87 bits per heavy atom. The van der Waals surface area contributed by atoms with Gasteiger partial charge in [-0.3, -0.25) is 0 Å². The highest BCUT2D eigenvalue weighted by Gasteiger charge is 2.17. The van der Waals surface area contributed by atoms with E-state index in [0.717, 1.165) is 19.6 Å². The fourth-order valence-corrected chi connectivity index (χ4v) is 1.84. The van der Waals surface area contributed by atoms with Crippen molar-refractivity contribution < 1.29 is 0 Å². The van der Waals surface area contributed by atoms with Gasteiger partial charge in [-0.2, -0.15) is 0 Å². The fourth-order valence-electron chi connectivity index (χ4n) is 1.84. The first-order valence-electron chi connectivity index (χ1n) is 4.90. The second-order valence-corrected chi connectivity index (χ2v) is 3.58. The summed E-state index contributed by atoms with van der Waals surface area (Å²) in [5, 5.41) is 3.39. The van der Waals surface area contributed by atoms with Crippen LogP contribution in [0.4, 0.5) is 5.69 Å². The van der Waals surface area contributed by atoms with Crippen molar-refractivity contribution in [1.29, 1.82) is 0 Å². The second kappa shape index (κ2) is 6.94. The van der Waals surface area contributed by atoms with Crippen LogP contribution in [-0.4, -0.2) is 25.7 Å². The first kappa shape index (κ1) is 14.6. The number of benzene rings is 1. The SMILES string of the molecule is C[C@@H]1CNCCN1c1ccccc1.Cl.Cl. The zero-order valence-corrected chi connectivity index (χ0v) is 10.5. The number of para-hydroxylation sites is 1. The van der Waals surface area contributed by atoms with Crippen LogP contribution in [0.5, 0.6) is 0 Å². The third-order valence-electron chi connectivity index (χ3n) is 2.59. The average molecular weight is 249 g/mol. The summed E-state index contributed by atoms with van der Waals surface area (Å²) in [7, 11) is 0. The molecule has 15 heavy (non-hydrogen) atoms. The third kappa shape index (κ3) is 3.56. The van der Waals surface area contributed by atoms with Crippen molar-refractivity contribution in [3.05, 3.63) is 30.3 Å². The lowest BCUT2D eigenvalue weighted by Gasteiger charge is -2.35. The Bertz CT molecular complexity index is 267. The topological polar surface area (TPSA) is 15.3 Å². The Balaban J connectivity index is 0.000000980. The molecule has 4 heteroatoms. The van der Waals surface area contributed by atoms with Crippen LogP contribution in [0, 0.1) is 0 Å². The Hall–Kier alpha value is -0.440. The van der Waals surface area contributed by atoms with Gasteiger partial charge in [-0.15, -0.1) is 24.8 Å². The minimum Gasteiger partial charge on any atom is -0.366 e. The summed E-state index contributed by atoms with van der Waals surface area (Å²) in [4.78, 5) is 2.45. The van der Waals surface area contributed by atoms with Crippen LogP contribution in [0.1, 0.15) is 6.92 Å². The molecule has 1 saturated heterocycles. The van der Waals surface area contributed by atoms with Crippen molar-refractivity contribution in [3.8, 4) is 0 Å². The van der Waals surface area contributed by atoms with Crippen LogP contribution < -0.4 is 10.2 Å². The Morgan fingerprint density at radius 3 is 2.47 bits per heavy atom. The van der Waals surface area contributed by atoms with E-state index < -0.39 is 0 Å². The molecule has 1 heterocycles. The molecule has 1 atom stereocenters. The first-order chi connectivity index (χ1) is 6.38. The minimum absolute atomic E-state index is 0. The molecule has 1 fully saturated rings. The summed E-state index contributed by atoms with van der Waals surface area (Å²) < 4.78 is 0. The van der Waals surface area contributed by atoms with Crippen LogP contribution in [0.25, 0.3) is 0 Å². The van der Waals surface area contributed by atoms with Crippen molar-refractivity contribution in [2.75, 3.05) is 24.5 Å². The van der Waals surface area contributed by atoms with Gasteiger partial charge < -0.3 is 10.2 Å². The average Bonchev–Trinajstić information content (AvgIpc) is 2.20. The molecule has 0 aliphatic carbocycles. The van der Waals surface area contributed by atoms with Crippen molar-refractivity contribution in [1.82, 2.24) is 5.32 Å². The van der Waals surface area contributed by atoms with Crippen molar-refractivity contribution in [2.24, 2.45) is 0 Å². The molecule has 1 aromatic rings. The van der Waals surface area contributed by atoms with E-state index in [9.17, 15) is 0 Å². The quantitative estimate of drug-likeness (QED) is 0.821. The molecule has 0 radical (unpaired) electrons. The number of nitrogens with zero attached hydrogens (tertiary/aromatic N) is 1. The second-order valence-electron chi connectivity index (χ2n) is 3.58.